The maximum absolute atomic E-state index is 2.39. The van der Waals surface area contributed by atoms with Crippen molar-refractivity contribution in [3.05, 3.63) is 113 Å². The summed E-state index contributed by atoms with van der Waals surface area (Å²) in [6.07, 6.45) is 5.74. The Labute approximate surface area is 212 Å². The van der Waals surface area contributed by atoms with Gasteiger partial charge in [-0.2, -0.15) is 0 Å². The summed E-state index contributed by atoms with van der Waals surface area (Å²) in [4.78, 5) is 0. The van der Waals surface area contributed by atoms with Gasteiger partial charge >= 0.3 is 122 Å². The number of fused-ring (bicyclic) bond motifs is 5. The van der Waals surface area contributed by atoms with Crippen molar-refractivity contribution < 1.29 is 49.2 Å². The summed E-state index contributed by atoms with van der Waals surface area (Å²) >= 11 is 1.18. The number of halogens is 2. The van der Waals surface area contributed by atoms with Gasteiger partial charge in [0.05, 0.1) is 0 Å². The van der Waals surface area contributed by atoms with Crippen molar-refractivity contribution in [3.8, 4) is 11.1 Å². The molecule has 4 aromatic rings. The second-order valence-electron chi connectivity index (χ2n) is 7.81. The Hall–Kier alpha value is -1.67. The molecule has 31 heavy (non-hydrogen) atoms. The van der Waals surface area contributed by atoms with Crippen LogP contribution in [0.2, 0.25) is 0 Å². The summed E-state index contributed by atoms with van der Waals surface area (Å²) < 4.78 is 0.654. The molecule has 0 saturated carbocycles. The van der Waals surface area contributed by atoms with Gasteiger partial charge in [-0.15, -0.1) is 0 Å². The van der Waals surface area contributed by atoms with Crippen molar-refractivity contribution in [2.24, 2.45) is 0 Å². The Balaban J connectivity index is 0.000000183. The molecule has 0 heterocycles. The maximum atomic E-state index is 2.39. The number of benzene rings is 4. The minimum atomic E-state index is 0. The normalized spacial score (nSPS) is 16.9. The second-order valence-corrected chi connectivity index (χ2v) is 9.88. The van der Waals surface area contributed by atoms with E-state index in [0.29, 0.717) is 9.59 Å². The van der Waals surface area contributed by atoms with Gasteiger partial charge in [0, 0.05) is 5.92 Å². The van der Waals surface area contributed by atoms with Crippen molar-refractivity contribution >= 4 is 16.8 Å². The Kier molecular flexibility index (Phi) is 7.97. The quantitative estimate of drug-likeness (QED) is 0.289. The van der Waals surface area contributed by atoms with E-state index in [-0.39, 0.29) is 24.8 Å². The zero-order valence-corrected chi connectivity index (χ0v) is 22.5. The van der Waals surface area contributed by atoms with E-state index in [9.17, 15) is 0 Å². The third kappa shape index (κ3) is 4.46. The van der Waals surface area contributed by atoms with Gasteiger partial charge in [-0.1, -0.05) is 43.3 Å². The van der Waals surface area contributed by atoms with Crippen LogP contribution in [0.1, 0.15) is 45.2 Å². The molecule has 2 atom stereocenters. The molecule has 2 aliphatic rings. The Bertz CT molecular complexity index is 1230. The molecule has 2 unspecified atom stereocenters. The molecule has 0 fully saturated rings. The summed E-state index contributed by atoms with van der Waals surface area (Å²) in [7, 11) is 0. The van der Waals surface area contributed by atoms with Crippen LogP contribution >= 0.6 is 0 Å². The van der Waals surface area contributed by atoms with E-state index in [1.807, 2.05) is 0 Å². The van der Waals surface area contributed by atoms with Gasteiger partial charge in [-0.25, -0.2) is 0 Å². The molecule has 0 bridgehead atoms. The first kappa shape index (κ1) is 24.0. The second kappa shape index (κ2) is 10.3. The van der Waals surface area contributed by atoms with Crippen LogP contribution in [-0.4, -0.2) is 0 Å². The molecule has 0 saturated heterocycles. The predicted molar refractivity (Wildman–Crippen MR) is 120 cm³/mol. The van der Waals surface area contributed by atoms with Gasteiger partial charge in [0.2, 0.25) is 0 Å². The predicted octanol–water partition coefficient (Wildman–Crippen LogP) is 1.67. The zero-order chi connectivity index (χ0) is 19.8. The summed E-state index contributed by atoms with van der Waals surface area (Å²) in [5, 5.41) is 2.71. The van der Waals surface area contributed by atoms with Gasteiger partial charge in [-0.3, -0.25) is 0 Å². The molecule has 2 aliphatic carbocycles. The van der Waals surface area contributed by atoms with Crippen molar-refractivity contribution in [3.63, 3.8) is 0 Å². The van der Waals surface area contributed by atoms with Crippen molar-refractivity contribution in [1.82, 2.24) is 0 Å². The van der Waals surface area contributed by atoms with E-state index >= 15 is 0 Å². The molecule has 153 valence electrons. The molecule has 0 spiro atoms. The summed E-state index contributed by atoms with van der Waals surface area (Å²) in [5.74, 6) is 0.672. The van der Waals surface area contributed by atoms with E-state index in [0.717, 1.165) is 0 Å². The standard InChI is InChI=1S/C17H11.C11H12.2ClH.Hf/c1-2-6-13-11-17-15(9-12(13)5-1)10-14-7-3-4-8-16(14)17;1-2-9-7-8-10-5-3-4-6-11(9)10;;;/h1-11H;3-9H,2H2,1H3;2*1H;/q;;;;+2/p-2. The number of hydrogen-bond acceptors (Lipinski definition) is 0. The summed E-state index contributed by atoms with van der Waals surface area (Å²) in [5.41, 5.74) is 8.84. The fraction of sp³-hybridized carbons (Fsp3) is 0.143. The van der Waals surface area contributed by atoms with Gasteiger partial charge in [0.15, 0.2) is 0 Å². The molecular weight excluding hydrogens is 586 g/mol. The van der Waals surface area contributed by atoms with E-state index in [1.54, 1.807) is 0 Å². The van der Waals surface area contributed by atoms with Gasteiger partial charge in [0.1, 0.15) is 0 Å². The van der Waals surface area contributed by atoms with Crippen LogP contribution in [0.25, 0.3) is 28.0 Å². The number of hydrogen-bond donors (Lipinski definition) is 0. The van der Waals surface area contributed by atoms with Crippen LogP contribution in [0.4, 0.5) is 0 Å². The molecule has 0 aromatic heterocycles. The van der Waals surface area contributed by atoms with Crippen molar-refractivity contribution in [2.45, 2.75) is 22.9 Å². The molecule has 4 aromatic carbocycles. The van der Waals surface area contributed by atoms with Crippen molar-refractivity contribution in [1.29, 1.82) is 0 Å². The van der Waals surface area contributed by atoms with Crippen LogP contribution in [0.15, 0.2) is 91.0 Å². The summed E-state index contributed by atoms with van der Waals surface area (Å²) in [6.45, 7) is 2.23. The molecule has 0 N–H and O–H groups in total. The van der Waals surface area contributed by atoms with Crippen LogP contribution in [0.3, 0.4) is 0 Å². The van der Waals surface area contributed by atoms with Gasteiger partial charge < -0.3 is 24.8 Å². The Morgan fingerprint density at radius 3 is 2.03 bits per heavy atom. The average molecular weight is 609 g/mol. The third-order valence-electron chi connectivity index (χ3n) is 6.13. The van der Waals surface area contributed by atoms with Gasteiger partial charge in [-0.05, 0) is 17.5 Å². The van der Waals surface area contributed by atoms with E-state index < -0.39 is 0 Å². The number of rotatable bonds is 1. The third-order valence-corrected chi connectivity index (χ3v) is 8.37. The molecular formula is C28H23Cl2Hf. The number of allylic oxidation sites excluding steroid dienone is 1. The van der Waals surface area contributed by atoms with Crippen LogP contribution < -0.4 is 24.8 Å². The van der Waals surface area contributed by atoms with E-state index in [1.165, 1.54) is 74.9 Å². The van der Waals surface area contributed by atoms with Gasteiger partial charge in [0.25, 0.3) is 0 Å². The molecule has 0 radical (unpaired) electrons. The fourth-order valence-corrected chi connectivity index (χ4v) is 6.33. The fourth-order valence-electron chi connectivity index (χ4n) is 4.57. The average Bonchev–Trinajstić information content (AvgIpc) is 3.32. The molecule has 6 rings (SSSR count). The SMILES string of the molecule is CCC1C=Cc2ccccc21.[Cl-].[Cl-].[Hf+2][CH]1c2ccccc2-c2cc3ccccc3cc21. The molecule has 0 amide bonds. The minimum absolute atomic E-state index is 0. The topological polar surface area (TPSA) is 0 Å². The van der Waals surface area contributed by atoms with Crippen molar-refractivity contribution in [2.75, 3.05) is 0 Å². The molecule has 3 heteroatoms. The van der Waals surface area contributed by atoms with E-state index in [4.69, 9.17) is 0 Å². The summed E-state index contributed by atoms with van der Waals surface area (Å²) in [6, 6.07) is 30.9. The Morgan fingerprint density at radius 1 is 0.677 bits per heavy atom. The van der Waals surface area contributed by atoms with Crippen LogP contribution in [0.5, 0.6) is 0 Å². The first-order chi connectivity index (χ1) is 14.3. The van der Waals surface area contributed by atoms with E-state index in [2.05, 4.69) is 104 Å². The molecule has 0 aliphatic heterocycles. The Morgan fingerprint density at radius 2 is 1.29 bits per heavy atom. The van der Waals surface area contributed by atoms with Crippen LogP contribution in [0, 0.1) is 0 Å². The van der Waals surface area contributed by atoms with Crippen LogP contribution in [-0.2, 0) is 24.4 Å². The molecule has 0 nitrogen and oxygen atoms in total. The first-order valence-corrected chi connectivity index (χ1v) is 12.4. The monoisotopic (exact) mass is 609 g/mol. The zero-order valence-electron chi connectivity index (χ0n) is 17.4. The first-order valence-electron chi connectivity index (χ1n) is 10.4.